The molecule has 1 aromatic heterocycles. The van der Waals surface area contributed by atoms with Crippen molar-refractivity contribution in [2.75, 3.05) is 13.1 Å². The Morgan fingerprint density at radius 2 is 2.09 bits per heavy atom. The highest BCUT2D eigenvalue weighted by Crippen LogP contribution is 2.22. The first kappa shape index (κ1) is 15.1. The van der Waals surface area contributed by atoms with Gasteiger partial charge in [-0.2, -0.15) is 0 Å². The lowest BCUT2D eigenvalue weighted by Crippen LogP contribution is -2.38. The van der Waals surface area contributed by atoms with E-state index in [2.05, 4.69) is 4.90 Å². The van der Waals surface area contributed by atoms with Crippen molar-refractivity contribution in [1.82, 2.24) is 9.47 Å². The molecule has 1 amide bonds. The van der Waals surface area contributed by atoms with Crippen LogP contribution in [0.15, 0.2) is 27.4 Å². The van der Waals surface area contributed by atoms with Gasteiger partial charge in [-0.05, 0) is 37.0 Å². The van der Waals surface area contributed by atoms with Crippen molar-refractivity contribution >= 4 is 28.6 Å². The summed E-state index contributed by atoms with van der Waals surface area (Å²) in [7, 11) is 0. The summed E-state index contributed by atoms with van der Waals surface area (Å²) in [5, 5.41) is 0.571. The lowest BCUT2D eigenvalue weighted by Gasteiger charge is -2.31. The molecule has 0 unspecified atom stereocenters. The lowest BCUT2D eigenvalue weighted by molar-refractivity contribution is -0.119. The van der Waals surface area contributed by atoms with Gasteiger partial charge in [-0.1, -0.05) is 11.6 Å². The summed E-state index contributed by atoms with van der Waals surface area (Å²) >= 11 is 6.00. The van der Waals surface area contributed by atoms with Gasteiger partial charge in [-0.25, -0.2) is 4.79 Å². The number of primary amides is 1. The van der Waals surface area contributed by atoms with Crippen molar-refractivity contribution in [3.05, 3.63) is 33.8 Å². The molecule has 3 rings (SSSR count). The number of amides is 1. The van der Waals surface area contributed by atoms with Crippen LogP contribution in [-0.2, 0) is 11.5 Å². The highest BCUT2D eigenvalue weighted by Gasteiger charge is 2.22. The second-order valence-corrected chi connectivity index (χ2v) is 6.22. The number of carbonyl (C=O) groups excluding carboxylic acids is 1. The first-order valence-electron chi connectivity index (χ1n) is 7.32. The number of nitrogens with two attached hydrogens (primary N) is 1. The number of nitrogens with zero attached hydrogens (tertiary/aromatic N) is 2. The molecule has 22 heavy (non-hydrogen) atoms. The quantitative estimate of drug-likeness (QED) is 0.930. The van der Waals surface area contributed by atoms with E-state index < -0.39 is 0 Å². The molecular formula is C15H18ClN3O3. The van der Waals surface area contributed by atoms with E-state index in [1.165, 1.54) is 0 Å². The summed E-state index contributed by atoms with van der Waals surface area (Å²) in [5.41, 5.74) is 6.49. The molecule has 1 fully saturated rings. The van der Waals surface area contributed by atoms with Crippen molar-refractivity contribution in [2.24, 2.45) is 11.7 Å². The number of benzene rings is 1. The summed E-state index contributed by atoms with van der Waals surface area (Å²) in [6, 6.07) is 5.14. The van der Waals surface area contributed by atoms with E-state index in [-0.39, 0.29) is 11.7 Å². The Hall–Kier alpha value is -1.79. The summed E-state index contributed by atoms with van der Waals surface area (Å²) < 4.78 is 6.82. The molecule has 118 valence electrons. The Bertz CT molecular complexity index is 744. The second-order valence-electron chi connectivity index (χ2n) is 5.78. The molecule has 0 aliphatic carbocycles. The molecule has 1 aliphatic rings. The monoisotopic (exact) mass is 323 g/mol. The van der Waals surface area contributed by atoms with Crippen LogP contribution in [0, 0.1) is 5.92 Å². The van der Waals surface area contributed by atoms with Gasteiger partial charge >= 0.3 is 5.76 Å². The SMILES string of the molecule is NC(=O)CC1CCN(Cn2c(=O)oc3ccc(Cl)cc32)CC1. The maximum absolute atomic E-state index is 12.0. The minimum Gasteiger partial charge on any atom is -0.408 e. The average Bonchev–Trinajstić information content (AvgIpc) is 2.76. The molecule has 1 saturated heterocycles. The van der Waals surface area contributed by atoms with Gasteiger partial charge in [-0.3, -0.25) is 14.3 Å². The minimum atomic E-state index is -0.378. The largest absolute Gasteiger partial charge is 0.421 e. The van der Waals surface area contributed by atoms with Gasteiger partial charge in [0.05, 0.1) is 12.2 Å². The van der Waals surface area contributed by atoms with Crippen LogP contribution in [0.4, 0.5) is 0 Å². The zero-order valence-corrected chi connectivity index (χ0v) is 12.9. The van der Waals surface area contributed by atoms with Gasteiger partial charge in [0.25, 0.3) is 0 Å². The fraction of sp³-hybridized carbons (Fsp3) is 0.467. The lowest BCUT2D eigenvalue weighted by atomic mass is 9.93. The number of hydrogen-bond acceptors (Lipinski definition) is 4. The average molecular weight is 324 g/mol. The number of likely N-dealkylation sites (tertiary alicyclic amines) is 1. The molecule has 0 bridgehead atoms. The third-order valence-electron chi connectivity index (χ3n) is 4.17. The number of piperidine rings is 1. The number of oxazole rings is 1. The molecule has 1 aromatic carbocycles. The van der Waals surface area contributed by atoms with E-state index in [0.717, 1.165) is 25.9 Å². The van der Waals surface area contributed by atoms with Crippen molar-refractivity contribution in [2.45, 2.75) is 25.9 Å². The van der Waals surface area contributed by atoms with Gasteiger partial charge in [0, 0.05) is 24.5 Å². The molecule has 2 N–H and O–H groups in total. The summed E-state index contributed by atoms with van der Waals surface area (Å²) in [5.74, 6) is -0.275. The van der Waals surface area contributed by atoms with Gasteiger partial charge in [0.2, 0.25) is 5.91 Å². The standard InChI is InChI=1S/C15H18ClN3O3/c16-11-1-2-13-12(8-11)19(15(21)22-13)9-18-5-3-10(4-6-18)7-14(17)20/h1-2,8,10H,3-7,9H2,(H2,17,20). The summed E-state index contributed by atoms with van der Waals surface area (Å²) in [6.07, 6.45) is 2.26. The topological polar surface area (TPSA) is 81.5 Å². The first-order chi connectivity index (χ1) is 10.5. The maximum atomic E-state index is 12.0. The van der Waals surface area contributed by atoms with E-state index in [4.69, 9.17) is 21.8 Å². The predicted molar refractivity (Wildman–Crippen MR) is 83.6 cm³/mol. The number of halogens is 1. The molecule has 0 spiro atoms. The van der Waals surface area contributed by atoms with Gasteiger partial charge < -0.3 is 10.2 Å². The first-order valence-corrected chi connectivity index (χ1v) is 7.70. The normalized spacial score (nSPS) is 17.1. The molecule has 7 heteroatoms. The van der Waals surface area contributed by atoms with Crippen LogP contribution in [0.25, 0.3) is 11.1 Å². The van der Waals surface area contributed by atoms with Crippen LogP contribution < -0.4 is 11.5 Å². The number of fused-ring (bicyclic) bond motifs is 1. The maximum Gasteiger partial charge on any atom is 0.421 e. The van der Waals surface area contributed by atoms with Crippen LogP contribution in [-0.4, -0.2) is 28.5 Å². The molecular weight excluding hydrogens is 306 g/mol. The van der Waals surface area contributed by atoms with Crippen molar-refractivity contribution in [1.29, 1.82) is 0 Å². The second kappa shape index (κ2) is 6.14. The van der Waals surface area contributed by atoms with Gasteiger partial charge in [0.15, 0.2) is 5.58 Å². The molecule has 1 aliphatic heterocycles. The van der Waals surface area contributed by atoms with Crippen LogP contribution in [0.2, 0.25) is 5.02 Å². The molecule has 0 radical (unpaired) electrons. The van der Waals surface area contributed by atoms with Crippen molar-refractivity contribution in [3.8, 4) is 0 Å². The zero-order chi connectivity index (χ0) is 15.7. The van der Waals surface area contributed by atoms with Crippen LogP contribution in [0.3, 0.4) is 0 Å². The number of rotatable bonds is 4. The smallest absolute Gasteiger partial charge is 0.408 e. The molecule has 2 aromatic rings. The van der Waals surface area contributed by atoms with Crippen molar-refractivity contribution < 1.29 is 9.21 Å². The van der Waals surface area contributed by atoms with Crippen LogP contribution in [0.1, 0.15) is 19.3 Å². The molecule has 0 saturated carbocycles. The van der Waals surface area contributed by atoms with Gasteiger partial charge in [0.1, 0.15) is 0 Å². The number of hydrogen-bond donors (Lipinski definition) is 1. The van der Waals surface area contributed by atoms with Crippen molar-refractivity contribution in [3.63, 3.8) is 0 Å². The third kappa shape index (κ3) is 3.18. The van der Waals surface area contributed by atoms with Crippen LogP contribution >= 0.6 is 11.6 Å². The van der Waals surface area contributed by atoms with E-state index in [1.54, 1.807) is 22.8 Å². The zero-order valence-electron chi connectivity index (χ0n) is 12.1. The Morgan fingerprint density at radius 1 is 1.36 bits per heavy atom. The molecule has 2 heterocycles. The number of carbonyl (C=O) groups is 1. The number of aromatic nitrogens is 1. The molecule has 0 atom stereocenters. The Kier molecular flexibility index (Phi) is 4.22. The fourth-order valence-corrected chi connectivity index (χ4v) is 3.15. The minimum absolute atomic E-state index is 0.245. The fourth-order valence-electron chi connectivity index (χ4n) is 2.99. The molecule has 6 nitrogen and oxygen atoms in total. The highest BCUT2D eigenvalue weighted by atomic mass is 35.5. The Morgan fingerprint density at radius 3 is 2.77 bits per heavy atom. The Balaban J connectivity index is 1.72. The highest BCUT2D eigenvalue weighted by molar-refractivity contribution is 6.31. The third-order valence-corrected chi connectivity index (χ3v) is 4.40. The van der Waals surface area contributed by atoms with E-state index >= 15 is 0 Å². The van der Waals surface area contributed by atoms with E-state index in [9.17, 15) is 9.59 Å². The van der Waals surface area contributed by atoms with Gasteiger partial charge in [-0.15, -0.1) is 0 Å². The van der Waals surface area contributed by atoms with E-state index in [0.29, 0.717) is 35.1 Å². The predicted octanol–water partition coefficient (Wildman–Crippen LogP) is 1.79. The van der Waals surface area contributed by atoms with E-state index in [1.807, 2.05) is 0 Å². The van der Waals surface area contributed by atoms with Crippen LogP contribution in [0.5, 0.6) is 0 Å². The summed E-state index contributed by atoms with van der Waals surface area (Å²) in [6.45, 7) is 2.13. The summed E-state index contributed by atoms with van der Waals surface area (Å²) in [4.78, 5) is 25.1. The Labute approximate surface area is 132 Å².